The highest BCUT2D eigenvalue weighted by Gasteiger charge is 2.19. The maximum atomic E-state index is 11.5. The number of fused-ring (bicyclic) bond motifs is 1. The Labute approximate surface area is 163 Å². The Kier molecular flexibility index (Phi) is 5.47. The molecular formula is C15H15Cl2N7O3. The third-order valence-electron chi connectivity index (χ3n) is 3.32. The number of hydrogen-bond donors (Lipinski definition) is 3. The second-order valence-corrected chi connectivity index (χ2v) is 6.80. The molecule has 2 aromatic heterocycles. The van der Waals surface area contributed by atoms with Gasteiger partial charge in [0.05, 0.1) is 10.0 Å². The van der Waals surface area contributed by atoms with Crippen molar-refractivity contribution >= 4 is 57.9 Å². The average molecular weight is 412 g/mol. The van der Waals surface area contributed by atoms with Crippen LogP contribution in [0.25, 0.3) is 11.3 Å². The largest absolute Gasteiger partial charge is 0.464 e. The summed E-state index contributed by atoms with van der Waals surface area (Å²) >= 11 is 12.0. The van der Waals surface area contributed by atoms with E-state index in [-0.39, 0.29) is 35.4 Å². The van der Waals surface area contributed by atoms with Gasteiger partial charge in [0.2, 0.25) is 11.3 Å². The highest BCUT2D eigenvalue weighted by Crippen LogP contribution is 2.29. The van der Waals surface area contributed by atoms with Crippen molar-refractivity contribution in [3.8, 4) is 0 Å². The first kappa shape index (κ1) is 18.9. The SMILES string of the molecule is CC(C)CN(Nc1nc2nonc2nc1Nc1ccc(Cl)c(Cl)c1)C(=O)O. The highest BCUT2D eigenvalue weighted by atomic mass is 35.5. The topological polar surface area (TPSA) is 129 Å². The van der Waals surface area contributed by atoms with E-state index in [1.165, 1.54) is 0 Å². The predicted molar refractivity (Wildman–Crippen MR) is 100 cm³/mol. The molecule has 2 heterocycles. The minimum absolute atomic E-state index is 0.0884. The van der Waals surface area contributed by atoms with Crippen LogP contribution in [0.3, 0.4) is 0 Å². The van der Waals surface area contributed by atoms with E-state index >= 15 is 0 Å². The summed E-state index contributed by atoms with van der Waals surface area (Å²) in [6.45, 7) is 4.02. The molecule has 10 nitrogen and oxygen atoms in total. The Morgan fingerprint density at radius 2 is 1.85 bits per heavy atom. The summed E-state index contributed by atoms with van der Waals surface area (Å²) in [6, 6.07) is 4.91. The number of aromatic nitrogens is 4. The summed E-state index contributed by atoms with van der Waals surface area (Å²) in [5.41, 5.74) is 3.60. The van der Waals surface area contributed by atoms with Gasteiger partial charge in [-0.25, -0.2) is 19.4 Å². The molecule has 3 N–H and O–H groups in total. The van der Waals surface area contributed by atoms with Crippen LogP contribution in [0.1, 0.15) is 13.8 Å². The third kappa shape index (κ3) is 4.47. The minimum atomic E-state index is -1.16. The van der Waals surface area contributed by atoms with Crippen LogP contribution in [0, 0.1) is 5.92 Å². The molecule has 0 saturated carbocycles. The van der Waals surface area contributed by atoms with E-state index in [0.29, 0.717) is 15.7 Å². The summed E-state index contributed by atoms with van der Waals surface area (Å²) in [4.78, 5) is 20.0. The number of benzene rings is 1. The average Bonchev–Trinajstić information content (AvgIpc) is 3.04. The molecule has 1 amide bonds. The smallest absolute Gasteiger partial charge is 0.426 e. The number of anilines is 3. The van der Waals surface area contributed by atoms with Gasteiger partial charge in [-0.3, -0.25) is 5.43 Å². The number of hydrogen-bond acceptors (Lipinski definition) is 8. The lowest BCUT2D eigenvalue weighted by atomic mass is 10.2. The van der Waals surface area contributed by atoms with Crippen LogP contribution >= 0.6 is 23.2 Å². The van der Waals surface area contributed by atoms with Crippen molar-refractivity contribution in [1.29, 1.82) is 0 Å². The van der Waals surface area contributed by atoms with Crippen LogP contribution in [0.5, 0.6) is 0 Å². The Hall–Kier alpha value is -2.85. The number of amides is 1. The molecule has 0 aliphatic heterocycles. The van der Waals surface area contributed by atoms with Crippen LogP contribution in [-0.2, 0) is 0 Å². The second-order valence-electron chi connectivity index (χ2n) is 5.98. The number of rotatable bonds is 6. The summed E-state index contributed by atoms with van der Waals surface area (Å²) in [5, 5.41) is 21.5. The van der Waals surface area contributed by atoms with Crippen molar-refractivity contribution in [2.75, 3.05) is 17.3 Å². The van der Waals surface area contributed by atoms with E-state index in [9.17, 15) is 9.90 Å². The Bertz CT molecular complexity index is 979. The van der Waals surface area contributed by atoms with Gasteiger partial charge < -0.3 is 10.4 Å². The molecule has 27 heavy (non-hydrogen) atoms. The highest BCUT2D eigenvalue weighted by molar-refractivity contribution is 6.42. The van der Waals surface area contributed by atoms with Gasteiger partial charge in [0, 0.05) is 12.2 Å². The molecule has 142 valence electrons. The summed E-state index contributed by atoms with van der Waals surface area (Å²) < 4.78 is 4.63. The molecule has 0 atom stereocenters. The molecule has 0 aliphatic carbocycles. The molecule has 1 aromatic carbocycles. The number of carbonyl (C=O) groups is 1. The zero-order valence-corrected chi connectivity index (χ0v) is 15.8. The number of hydrazine groups is 1. The van der Waals surface area contributed by atoms with E-state index in [0.717, 1.165) is 5.01 Å². The number of carboxylic acid groups (broad SMARTS) is 1. The lowest BCUT2D eigenvalue weighted by molar-refractivity contribution is 0.150. The second kappa shape index (κ2) is 7.80. The predicted octanol–water partition coefficient (Wildman–Crippen LogP) is 4.03. The fourth-order valence-electron chi connectivity index (χ4n) is 2.18. The minimum Gasteiger partial charge on any atom is -0.464 e. The number of halogens is 2. The van der Waals surface area contributed by atoms with Crippen molar-refractivity contribution in [2.24, 2.45) is 5.92 Å². The normalized spacial score (nSPS) is 11.0. The maximum Gasteiger partial charge on any atom is 0.426 e. The lowest BCUT2D eigenvalue weighted by Gasteiger charge is -2.23. The standard InChI is InChI=1S/C15H15Cl2N7O3/c1-7(2)6-24(15(25)26)21-12-11(19-13-14(20-12)23-27-22-13)18-8-3-4-9(16)10(17)5-8/h3-5,7H,6H2,1-2H3,(H,25,26)(H,18,19,22)(H,20,21,23). The van der Waals surface area contributed by atoms with Crippen molar-refractivity contribution in [2.45, 2.75) is 13.8 Å². The molecule has 3 aromatic rings. The summed E-state index contributed by atoms with van der Waals surface area (Å²) in [6.07, 6.45) is -1.16. The van der Waals surface area contributed by atoms with Gasteiger partial charge in [0.15, 0.2) is 11.6 Å². The van der Waals surface area contributed by atoms with E-state index in [4.69, 9.17) is 23.2 Å². The molecule has 12 heteroatoms. The molecule has 0 saturated heterocycles. The lowest BCUT2D eigenvalue weighted by Crippen LogP contribution is -2.38. The van der Waals surface area contributed by atoms with Crippen molar-refractivity contribution in [1.82, 2.24) is 25.3 Å². The monoisotopic (exact) mass is 411 g/mol. The number of nitrogens with one attached hydrogen (secondary N) is 2. The van der Waals surface area contributed by atoms with Crippen LogP contribution in [-0.4, -0.2) is 43.0 Å². The van der Waals surface area contributed by atoms with Crippen molar-refractivity contribution < 1.29 is 14.5 Å². The third-order valence-corrected chi connectivity index (χ3v) is 4.06. The molecular weight excluding hydrogens is 397 g/mol. The van der Waals surface area contributed by atoms with Gasteiger partial charge in [-0.15, -0.1) is 0 Å². The Morgan fingerprint density at radius 1 is 1.19 bits per heavy atom. The fourth-order valence-corrected chi connectivity index (χ4v) is 2.48. The quantitative estimate of drug-likeness (QED) is 0.514. The maximum absolute atomic E-state index is 11.5. The molecule has 0 aliphatic rings. The van der Waals surface area contributed by atoms with Crippen LogP contribution in [0.4, 0.5) is 22.1 Å². The first-order valence-electron chi connectivity index (χ1n) is 7.83. The zero-order valence-electron chi connectivity index (χ0n) is 14.3. The van der Waals surface area contributed by atoms with Gasteiger partial charge in [0.1, 0.15) is 0 Å². The first-order chi connectivity index (χ1) is 12.8. The van der Waals surface area contributed by atoms with Gasteiger partial charge in [-0.1, -0.05) is 37.0 Å². The molecule has 0 unspecified atom stereocenters. The van der Waals surface area contributed by atoms with Gasteiger partial charge in [0.25, 0.3) is 0 Å². The molecule has 3 rings (SSSR count). The van der Waals surface area contributed by atoms with Crippen LogP contribution in [0.2, 0.25) is 10.0 Å². The Balaban J connectivity index is 1.98. The van der Waals surface area contributed by atoms with Gasteiger partial charge in [-0.05, 0) is 34.4 Å². The van der Waals surface area contributed by atoms with Crippen LogP contribution in [0.15, 0.2) is 22.8 Å². The summed E-state index contributed by atoms with van der Waals surface area (Å²) in [5.74, 6) is 0.435. The van der Waals surface area contributed by atoms with E-state index < -0.39 is 6.09 Å². The van der Waals surface area contributed by atoms with E-state index in [1.807, 2.05) is 13.8 Å². The Morgan fingerprint density at radius 3 is 2.44 bits per heavy atom. The molecule has 0 radical (unpaired) electrons. The van der Waals surface area contributed by atoms with E-state index in [2.05, 4.69) is 35.7 Å². The molecule has 0 fully saturated rings. The first-order valence-corrected chi connectivity index (χ1v) is 8.58. The van der Waals surface area contributed by atoms with E-state index in [1.54, 1.807) is 18.2 Å². The van der Waals surface area contributed by atoms with Crippen LogP contribution < -0.4 is 10.7 Å². The zero-order chi connectivity index (χ0) is 19.6. The molecule has 0 bridgehead atoms. The molecule has 0 spiro atoms. The fraction of sp³-hybridized carbons (Fsp3) is 0.267. The van der Waals surface area contributed by atoms with Crippen molar-refractivity contribution in [3.63, 3.8) is 0 Å². The van der Waals surface area contributed by atoms with Gasteiger partial charge in [-0.2, -0.15) is 4.98 Å². The van der Waals surface area contributed by atoms with Gasteiger partial charge >= 0.3 is 6.09 Å². The summed E-state index contributed by atoms with van der Waals surface area (Å²) in [7, 11) is 0. The van der Waals surface area contributed by atoms with Crippen molar-refractivity contribution in [3.05, 3.63) is 28.2 Å². The number of nitrogens with zero attached hydrogens (tertiary/aromatic N) is 5.